The van der Waals surface area contributed by atoms with Crippen LogP contribution >= 0.6 is 0 Å². The van der Waals surface area contributed by atoms with Crippen LogP contribution in [0.5, 0.6) is 0 Å². The van der Waals surface area contributed by atoms with E-state index in [9.17, 15) is 14.4 Å². The van der Waals surface area contributed by atoms with Crippen molar-refractivity contribution in [2.75, 3.05) is 0 Å². The van der Waals surface area contributed by atoms with E-state index < -0.39 is 51.8 Å². The van der Waals surface area contributed by atoms with Crippen LogP contribution < -0.4 is 0 Å². The lowest BCUT2D eigenvalue weighted by molar-refractivity contribution is -0.429. The molecule has 180 valence electrons. The molecular formula is C25H32O8. The van der Waals surface area contributed by atoms with Crippen LogP contribution in [0, 0.1) is 34.5 Å². The number of hydrogen-bond acceptors (Lipinski definition) is 8. The Morgan fingerprint density at radius 3 is 2.45 bits per heavy atom. The van der Waals surface area contributed by atoms with Gasteiger partial charge < -0.3 is 23.7 Å². The standard InChI is InChI=1S/C25H32O8/c1-13-7-8-15-20(3,4)29-16(27)9-10-23(15,12-26)24(13)11-21(5)14(2)17-18-22(6,31-19(17)28)32-25(21,30-18)33-24/h9-10,12-15,17-18H,7-8,11H2,1-6H3. The van der Waals surface area contributed by atoms with Crippen molar-refractivity contribution in [3.05, 3.63) is 12.2 Å². The van der Waals surface area contributed by atoms with Crippen LogP contribution in [0.4, 0.5) is 0 Å². The Morgan fingerprint density at radius 1 is 1.03 bits per heavy atom. The number of rotatable bonds is 1. The molecule has 0 aromatic heterocycles. The number of esters is 2. The summed E-state index contributed by atoms with van der Waals surface area (Å²) in [5, 5.41) is 0. The first kappa shape index (κ1) is 21.7. The van der Waals surface area contributed by atoms with Crippen LogP contribution in [0.25, 0.3) is 0 Å². The van der Waals surface area contributed by atoms with E-state index in [1.165, 1.54) is 6.08 Å². The van der Waals surface area contributed by atoms with E-state index >= 15 is 0 Å². The lowest BCUT2D eigenvalue weighted by Gasteiger charge is -2.57. The summed E-state index contributed by atoms with van der Waals surface area (Å²) in [6.45, 7) is 11.6. The molecule has 8 nitrogen and oxygen atoms in total. The SMILES string of the molecule is CC1C2C(=O)OC3(C)OC4(OC23)OC2(CC14C)C(C)CCC1C(C)(C)OC(=O)C=CC12C=O. The predicted octanol–water partition coefficient (Wildman–Crippen LogP) is 2.88. The van der Waals surface area contributed by atoms with Crippen molar-refractivity contribution < 1.29 is 38.1 Å². The second-order valence-corrected chi connectivity index (χ2v) is 12.0. The minimum absolute atomic E-state index is 0.0371. The van der Waals surface area contributed by atoms with Crippen LogP contribution in [0.3, 0.4) is 0 Å². The van der Waals surface area contributed by atoms with E-state index in [4.69, 9.17) is 23.7 Å². The number of hydrogen-bond donors (Lipinski definition) is 0. The van der Waals surface area contributed by atoms with Crippen LogP contribution in [-0.2, 0) is 38.1 Å². The summed E-state index contributed by atoms with van der Waals surface area (Å²) < 4.78 is 31.3. The molecule has 2 bridgehead atoms. The first-order chi connectivity index (χ1) is 15.3. The minimum atomic E-state index is -1.45. The van der Waals surface area contributed by atoms with E-state index in [-0.39, 0.29) is 23.7 Å². The van der Waals surface area contributed by atoms with E-state index in [2.05, 4.69) is 6.92 Å². The number of aldehydes is 1. The molecule has 10 unspecified atom stereocenters. The summed E-state index contributed by atoms with van der Waals surface area (Å²) in [4.78, 5) is 38.4. The molecule has 5 aliphatic heterocycles. The quantitative estimate of drug-likeness (QED) is 0.435. The summed E-state index contributed by atoms with van der Waals surface area (Å²) in [5.74, 6) is -4.44. The Bertz CT molecular complexity index is 1000. The molecule has 10 atom stereocenters. The van der Waals surface area contributed by atoms with Gasteiger partial charge in [0.1, 0.15) is 18.0 Å². The number of ether oxygens (including phenoxy) is 5. The third kappa shape index (κ3) is 2.18. The van der Waals surface area contributed by atoms with Gasteiger partial charge in [0, 0.05) is 18.9 Å². The molecular weight excluding hydrogens is 428 g/mol. The molecule has 5 heterocycles. The molecule has 0 amide bonds. The van der Waals surface area contributed by atoms with Crippen molar-refractivity contribution in [2.45, 2.75) is 89.9 Å². The fourth-order valence-corrected chi connectivity index (χ4v) is 8.24. The van der Waals surface area contributed by atoms with Gasteiger partial charge in [0.05, 0.1) is 22.3 Å². The second-order valence-electron chi connectivity index (χ2n) is 12.0. The van der Waals surface area contributed by atoms with Gasteiger partial charge in [-0.3, -0.25) is 9.53 Å². The lowest BCUT2D eigenvalue weighted by Crippen LogP contribution is -2.64. The number of carbonyl (C=O) groups is 3. The van der Waals surface area contributed by atoms with Gasteiger partial charge in [0.15, 0.2) is 0 Å². The summed E-state index contributed by atoms with van der Waals surface area (Å²) in [6, 6.07) is 0. The largest absolute Gasteiger partial charge is 0.456 e. The van der Waals surface area contributed by atoms with Crippen molar-refractivity contribution in [1.29, 1.82) is 0 Å². The molecule has 0 radical (unpaired) electrons. The zero-order valence-corrected chi connectivity index (χ0v) is 20.0. The maximum Gasteiger partial charge on any atom is 0.330 e. The van der Waals surface area contributed by atoms with Crippen molar-refractivity contribution in [1.82, 2.24) is 0 Å². The first-order valence-corrected chi connectivity index (χ1v) is 12.0. The zero-order valence-electron chi connectivity index (χ0n) is 20.0. The number of carbonyl (C=O) groups excluding carboxylic acids is 3. The second kappa shape index (κ2) is 5.89. The fourth-order valence-electron chi connectivity index (χ4n) is 8.24. The average molecular weight is 461 g/mol. The molecule has 6 aliphatic rings. The molecule has 6 rings (SSSR count). The minimum Gasteiger partial charge on any atom is -0.456 e. The summed E-state index contributed by atoms with van der Waals surface area (Å²) in [7, 11) is 0. The highest BCUT2D eigenvalue weighted by Crippen LogP contribution is 2.74. The van der Waals surface area contributed by atoms with Gasteiger partial charge in [-0.25, -0.2) is 4.79 Å². The van der Waals surface area contributed by atoms with Crippen LogP contribution in [0.15, 0.2) is 12.2 Å². The van der Waals surface area contributed by atoms with Gasteiger partial charge in [0.2, 0.25) is 5.79 Å². The Hall–Kier alpha value is -1.77. The number of cyclic esters (lactones) is 1. The number of fused-ring (bicyclic) bond motifs is 2. The Balaban J connectivity index is 1.57. The van der Waals surface area contributed by atoms with Gasteiger partial charge in [-0.1, -0.05) is 26.8 Å². The Kier molecular flexibility index (Phi) is 3.88. The van der Waals surface area contributed by atoms with E-state index in [0.29, 0.717) is 12.8 Å². The molecule has 1 aliphatic carbocycles. The van der Waals surface area contributed by atoms with Crippen molar-refractivity contribution in [3.63, 3.8) is 0 Å². The van der Waals surface area contributed by atoms with Gasteiger partial charge in [-0.15, -0.1) is 0 Å². The van der Waals surface area contributed by atoms with Crippen molar-refractivity contribution in [2.24, 2.45) is 34.5 Å². The highest BCUT2D eigenvalue weighted by atomic mass is 17.0. The summed E-state index contributed by atoms with van der Waals surface area (Å²) in [6.07, 6.45) is 5.37. The monoisotopic (exact) mass is 460 g/mol. The predicted molar refractivity (Wildman–Crippen MR) is 112 cm³/mol. The topological polar surface area (TPSA) is 97.4 Å². The van der Waals surface area contributed by atoms with Crippen LogP contribution in [0.1, 0.15) is 60.8 Å². The molecule has 1 saturated carbocycles. The van der Waals surface area contributed by atoms with Crippen LogP contribution in [0.2, 0.25) is 0 Å². The first-order valence-electron chi connectivity index (χ1n) is 12.0. The third-order valence-electron chi connectivity index (χ3n) is 10.1. The lowest BCUT2D eigenvalue weighted by atomic mass is 9.48. The van der Waals surface area contributed by atoms with Gasteiger partial charge in [-0.2, -0.15) is 0 Å². The van der Waals surface area contributed by atoms with Crippen molar-refractivity contribution in [3.8, 4) is 0 Å². The third-order valence-corrected chi connectivity index (χ3v) is 10.1. The van der Waals surface area contributed by atoms with Crippen molar-refractivity contribution >= 4 is 18.2 Å². The average Bonchev–Trinajstić information content (AvgIpc) is 3.19. The highest BCUT2D eigenvalue weighted by molar-refractivity contribution is 5.85. The fraction of sp³-hybridized carbons (Fsp3) is 0.800. The smallest absolute Gasteiger partial charge is 0.330 e. The Labute approximate surface area is 193 Å². The van der Waals surface area contributed by atoms with E-state index in [1.807, 2.05) is 27.7 Å². The maximum atomic E-state index is 13.2. The van der Waals surface area contributed by atoms with Gasteiger partial charge in [0.25, 0.3) is 5.97 Å². The summed E-state index contributed by atoms with van der Waals surface area (Å²) in [5.41, 5.74) is -3.74. The van der Waals surface area contributed by atoms with Gasteiger partial charge >= 0.3 is 11.9 Å². The highest BCUT2D eigenvalue weighted by Gasteiger charge is 2.85. The van der Waals surface area contributed by atoms with E-state index in [0.717, 1.165) is 12.7 Å². The molecule has 5 fully saturated rings. The molecule has 0 aromatic carbocycles. The van der Waals surface area contributed by atoms with Crippen LogP contribution in [-0.4, -0.2) is 47.3 Å². The molecule has 8 heteroatoms. The normalized spacial score (nSPS) is 57.8. The molecule has 0 N–H and O–H groups in total. The maximum absolute atomic E-state index is 13.2. The molecule has 4 saturated heterocycles. The zero-order chi connectivity index (χ0) is 23.8. The molecule has 2 spiro atoms. The summed E-state index contributed by atoms with van der Waals surface area (Å²) >= 11 is 0. The Morgan fingerprint density at radius 2 is 1.76 bits per heavy atom. The molecule has 33 heavy (non-hydrogen) atoms. The molecule has 0 aromatic rings. The van der Waals surface area contributed by atoms with E-state index in [1.54, 1.807) is 13.0 Å². The van der Waals surface area contributed by atoms with Gasteiger partial charge in [-0.05, 0) is 44.9 Å².